The first-order valence-corrected chi connectivity index (χ1v) is 28.2. The molecular formula is C72H44BBr2N3. The molecule has 3 nitrogen and oxygen atoms in total. The molecule has 6 heteroatoms. The normalized spacial score (nSPS) is 12.7. The Morgan fingerprint density at radius 2 is 0.692 bits per heavy atom. The molecule has 2 aromatic heterocycles. The van der Waals surface area contributed by atoms with Crippen molar-refractivity contribution in [3.05, 3.63) is 276 Å². The number of hydrogen-bond acceptors (Lipinski definition) is 2. The van der Waals surface area contributed by atoms with Gasteiger partial charge >= 0.3 is 0 Å². The van der Waals surface area contributed by atoms with Crippen LogP contribution in [0.4, 0.5) is 34.1 Å². The van der Waals surface area contributed by atoms with Gasteiger partial charge in [0.05, 0.1) is 27.9 Å². The molecule has 364 valence electrons. The van der Waals surface area contributed by atoms with Crippen LogP contribution >= 0.6 is 31.9 Å². The topological polar surface area (TPSA) is 10.9 Å². The minimum absolute atomic E-state index is 0.118. The van der Waals surface area contributed by atoms with Gasteiger partial charge in [-0.3, -0.25) is 0 Å². The molecule has 78 heavy (non-hydrogen) atoms. The van der Waals surface area contributed by atoms with E-state index < -0.39 is 0 Å². The molecule has 2 aliphatic rings. The number of halogens is 2. The van der Waals surface area contributed by atoms with Crippen LogP contribution in [0.3, 0.4) is 0 Å². The van der Waals surface area contributed by atoms with Crippen molar-refractivity contribution in [1.29, 1.82) is 0 Å². The summed E-state index contributed by atoms with van der Waals surface area (Å²) in [5, 5.41) is 5.06. The monoisotopic (exact) mass is 1120 g/mol. The Morgan fingerprint density at radius 3 is 1.18 bits per heavy atom. The predicted molar refractivity (Wildman–Crippen MR) is 338 cm³/mol. The Bertz CT molecular complexity index is 4390. The third-order valence-corrected chi connectivity index (χ3v) is 17.4. The lowest BCUT2D eigenvalue weighted by Crippen LogP contribution is -2.61. The van der Waals surface area contributed by atoms with Gasteiger partial charge in [-0.15, -0.1) is 0 Å². The van der Waals surface area contributed by atoms with E-state index in [-0.39, 0.29) is 6.71 Å². The van der Waals surface area contributed by atoms with E-state index in [1.54, 1.807) is 0 Å². The van der Waals surface area contributed by atoms with E-state index in [0.29, 0.717) is 0 Å². The molecule has 0 bridgehead atoms. The van der Waals surface area contributed by atoms with Gasteiger partial charge in [-0.1, -0.05) is 244 Å². The van der Waals surface area contributed by atoms with Crippen LogP contribution in [-0.4, -0.2) is 11.1 Å². The Kier molecular flexibility index (Phi) is 10.3. The number of hydrogen-bond donors (Lipinski definition) is 0. The number of aromatic nitrogens is 1. The van der Waals surface area contributed by atoms with Crippen LogP contribution in [0.5, 0.6) is 0 Å². The minimum atomic E-state index is -0.118. The van der Waals surface area contributed by atoms with E-state index >= 15 is 0 Å². The van der Waals surface area contributed by atoms with Gasteiger partial charge in [0, 0.05) is 75.5 Å². The van der Waals surface area contributed by atoms with Crippen molar-refractivity contribution in [1.82, 2.24) is 4.40 Å². The van der Waals surface area contributed by atoms with Gasteiger partial charge in [0.15, 0.2) is 0 Å². The number of nitrogens with zero attached hydrogens (tertiary/aromatic N) is 3. The Hall–Kier alpha value is -8.94. The van der Waals surface area contributed by atoms with Gasteiger partial charge in [-0.2, -0.15) is 0 Å². The molecule has 16 rings (SSSR count). The zero-order valence-electron chi connectivity index (χ0n) is 42.1. The summed E-state index contributed by atoms with van der Waals surface area (Å²) in [7, 11) is 0. The van der Waals surface area contributed by atoms with Crippen molar-refractivity contribution in [2.45, 2.75) is 0 Å². The van der Waals surface area contributed by atoms with E-state index in [2.05, 4.69) is 313 Å². The largest absolute Gasteiger partial charge is 0.310 e. The van der Waals surface area contributed by atoms with Crippen molar-refractivity contribution in [3.8, 4) is 55.6 Å². The molecule has 0 aliphatic carbocycles. The lowest BCUT2D eigenvalue weighted by molar-refractivity contribution is 1.25. The van der Waals surface area contributed by atoms with Gasteiger partial charge in [-0.05, 0) is 104 Å². The number of fused-ring (bicyclic) bond motifs is 10. The highest BCUT2D eigenvalue weighted by Gasteiger charge is 2.45. The summed E-state index contributed by atoms with van der Waals surface area (Å²) in [4.78, 5) is 5.22. The number of para-hydroxylation sites is 4. The average Bonchev–Trinajstić information content (AvgIpc) is 4.17. The highest BCUT2D eigenvalue weighted by Crippen LogP contribution is 2.54. The summed E-state index contributed by atoms with van der Waals surface area (Å²) in [5.41, 5.74) is 25.7. The fourth-order valence-corrected chi connectivity index (χ4v) is 13.9. The molecule has 0 N–H and O–H groups in total. The Labute approximate surface area is 469 Å². The van der Waals surface area contributed by atoms with Crippen LogP contribution in [-0.2, 0) is 0 Å². The highest BCUT2D eigenvalue weighted by atomic mass is 79.9. The third kappa shape index (κ3) is 6.83. The maximum absolute atomic E-state index is 4.04. The molecule has 0 unspecified atom stereocenters. The summed E-state index contributed by atoms with van der Waals surface area (Å²) < 4.78 is 4.52. The molecular weight excluding hydrogens is 1080 g/mol. The summed E-state index contributed by atoms with van der Waals surface area (Å²) in [6.07, 6.45) is 0. The summed E-state index contributed by atoms with van der Waals surface area (Å²) >= 11 is 8.08. The lowest BCUT2D eigenvalue weighted by atomic mass is 9.33. The van der Waals surface area contributed by atoms with Gasteiger partial charge in [0.25, 0.3) is 6.71 Å². The van der Waals surface area contributed by atoms with Crippen molar-refractivity contribution < 1.29 is 0 Å². The smallest absolute Gasteiger partial charge is 0.252 e. The average molecular weight is 1120 g/mol. The third-order valence-electron chi connectivity index (χ3n) is 16.4. The second-order valence-corrected chi connectivity index (χ2v) is 22.4. The summed E-state index contributed by atoms with van der Waals surface area (Å²) in [6.45, 7) is -0.118. The van der Waals surface area contributed by atoms with Crippen LogP contribution in [0.15, 0.2) is 276 Å². The van der Waals surface area contributed by atoms with Crippen molar-refractivity contribution in [2.24, 2.45) is 0 Å². The predicted octanol–water partition coefficient (Wildman–Crippen LogP) is 18.8. The van der Waals surface area contributed by atoms with Crippen LogP contribution in [0, 0.1) is 0 Å². The number of anilines is 6. The standard InChI is InChI=1S/C72H44BBr2N3/c74-51-35-37-61-65(43-51)77(70-53(45-18-5-1-6-19-45)27-15-28-54(70)46-20-7-2-8-21-46)67-41-50(49-34-39-64-60(40-49)59-32-17-31-58-57-26-13-14-33-63(57)76(64)72(58)59)42-68-69(67)73(61)62-38-36-52(75)44-66(62)78(68)71-55(47-22-9-3-10-23-47)29-16-30-56(71)48-24-11-4-12-25-48/h1-44H. The first kappa shape index (κ1) is 45.3. The Balaban J connectivity index is 1.07. The molecule has 2 aliphatic heterocycles. The van der Waals surface area contributed by atoms with Crippen LogP contribution in [0.1, 0.15) is 0 Å². The van der Waals surface area contributed by atoms with E-state index in [1.165, 1.54) is 54.5 Å². The van der Waals surface area contributed by atoms with Crippen LogP contribution < -0.4 is 26.2 Å². The van der Waals surface area contributed by atoms with Crippen LogP contribution in [0.2, 0.25) is 0 Å². The first-order chi connectivity index (χ1) is 38.6. The molecule has 14 aromatic rings. The zero-order chi connectivity index (χ0) is 51.6. The van der Waals surface area contributed by atoms with E-state index in [9.17, 15) is 0 Å². The number of rotatable bonds is 7. The molecule has 0 saturated heterocycles. The van der Waals surface area contributed by atoms with Gasteiger partial charge in [0.1, 0.15) is 0 Å². The maximum Gasteiger partial charge on any atom is 0.252 e. The van der Waals surface area contributed by atoms with Gasteiger partial charge in [-0.25, -0.2) is 0 Å². The second kappa shape index (κ2) is 17.8. The molecule has 0 amide bonds. The van der Waals surface area contributed by atoms with Crippen molar-refractivity contribution in [3.63, 3.8) is 0 Å². The van der Waals surface area contributed by atoms with Crippen molar-refractivity contribution >= 4 is 127 Å². The maximum atomic E-state index is 4.04. The molecule has 12 aromatic carbocycles. The molecule has 0 radical (unpaired) electrons. The first-order valence-electron chi connectivity index (χ1n) is 26.6. The molecule has 0 fully saturated rings. The fraction of sp³-hybridized carbons (Fsp3) is 0. The molecule has 0 spiro atoms. The Morgan fingerprint density at radius 1 is 0.282 bits per heavy atom. The molecule has 0 atom stereocenters. The molecule has 4 heterocycles. The van der Waals surface area contributed by atoms with E-state index in [1.807, 2.05) is 0 Å². The quantitative estimate of drug-likeness (QED) is 0.147. The van der Waals surface area contributed by atoms with Gasteiger partial charge in [0.2, 0.25) is 0 Å². The zero-order valence-corrected chi connectivity index (χ0v) is 45.3. The fourth-order valence-electron chi connectivity index (χ4n) is 13.2. The lowest BCUT2D eigenvalue weighted by Gasteiger charge is -2.46. The second-order valence-electron chi connectivity index (χ2n) is 20.6. The number of benzene rings is 12. The van der Waals surface area contributed by atoms with E-state index in [0.717, 1.165) is 98.7 Å². The minimum Gasteiger partial charge on any atom is -0.310 e. The molecule has 0 saturated carbocycles. The summed E-state index contributed by atoms with van der Waals surface area (Å²) in [5.74, 6) is 0. The SMILES string of the molecule is Brc1ccc2c(c1)N(c1c(-c3ccccc3)cccc1-c1ccccc1)c1cc(-c3ccc4c(c3)c3cccc5c6ccccc6n4c53)cc3c1B2c1ccc(Br)cc1N3c1c(-c2ccccc2)cccc1-c1ccccc1. The summed E-state index contributed by atoms with van der Waals surface area (Å²) in [6, 6.07) is 99.0. The highest BCUT2D eigenvalue weighted by molar-refractivity contribution is 9.10. The van der Waals surface area contributed by atoms with Gasteiger partial charge < -0.3 is 14.2 Å². The van der Waals surface area contributed by atoms with E-state index in [4.69, 9.17) is 0 Å². The van der Waals surface area contributed by atoms with Crippen molar-refractivity contribution in [2.75, 3.05) is 9.80 Å². The van der Waals surface area contributed by atoms with Crippen LogP contribution in [0.25, 0.3) is 93.7 Å².